The average Bonchev–Trinajstić information content (AvgIpc) is 2.53. The number of hydrogen-bond acceptors (Lipinski definition) is 4. The third-order valence-corrected chi connectivity index (χ3v) is 4.69. The van der Waals surface area contributed by atoms with E-state index in [1.165, 1.54) is 6.42 Å². The van der Waals surface area contributed by atoms with Crippen molar-refractivity contribution in [3.8, 4) is 11.5 Å². The van der Waals surface area contributed by atoms with E-state index in [-0.39, 0.29) is 5.91 Å². The molecule has 5 nitrogen and oxygen atoms in total. The maximum atomic E-state index is 12.6. The van der Waals surface area contributed by atoms with Crippen LogP contribution in [0.5, 0.6) is 11.5 Å². The van der Waals surface area contributed by atoms with Crippen LogP contribution in [0.25, 0.3) is 0 Å². The Morgan fingerprint density at radius 3 is 2.54 bits per heavy atom. The van der Waals surface area contributed by atoms with Gasteiger partial charge >= 0.3 is 0 Å². The van der Waals surface area contributed by atoms with Crippen molar-refractivity contribution in [2.24, 2.45) is 11.8 Å². The predicted molar refractivity (Wildman–Crippen MR) is 93.3 cm³/mol. The van der Waals surface area contributed by atoms with E-state index >= 15 is 0 Å². The van der Waals surface area contributed by atoms with Crippen molar-refractivity contribution in [3.63, 3.8) is 0 Å². The molecule has 2 aliphatic rings. The number of rotatable bonds is 4. The molecule has 1 aromatic carbocycles. The molecule has 0 bridgehead atoms. The minimum atomic E-state index is 0.230. The van der Waals surface area contributed by atoms with E-state index in [0.29, 0.717) is 31.6 Å². The first-order valence-electron chi connectivity index (χ1n) is 8.86. The summed E-state index contributed by atoms with van der Waals surface area (Å²) in [6.45, 7) is 8.62. The van der Waals surface area contributed by atoms with Crippen LogP contribution in [0.1, 0.15) is 25.8 Å². The summed E-state index contributed by atoms with van der Waals surface area (Å²) < 4.78 is 11.2. The number of ether oxygens (including phenoxy) is 2. The van der Waals surface area contributed by atoms with Gasteiger partial charge in [-0.1, -0.05) is 19.9 Å². The topological polar surface area (TPSA) is 42.0 Å². The Labute approximate surface area is 144 Å². The van der Waals surface area contributed by atoms with E-state index in [0.717, 1.165) is 36.7 Å². The molecule has 1 fully saturated rings. The summed E-state index contributed by atoms with van der Waals surface area (Å²) >= 11 is 0. The molecule has 0 N–H and O–H groups in total. The van der Waals surface area contributed by atoms with Gasteiger partial charge in [0.05, 0.1) is 6.54 Å². The number of likely N-dealkylation sites (tertiary alicyclic amines) is 1. The maximum Gasteiger partial charge on any atom is 0.236 e. The Hall–Kier alpha value is -1.75. The summed E-state index contributed by atoms with van der Waals surface area (Å²) in [6.07, 6.45) is 1.22. The standard InChI is InChI=1S/C19H28N2O3/c1-14-8-15(2)11-21(10-14)19(22)13-20(3)12-16-4-5-17-18(9-16)24-7-6-23-17/h4-5,9,14-15H,6-8,10-13H2,1-3H3. The third kappa shape index (κ3) is 4.20. The fraction of sp³-hybridized carbons (Fsp3) is 0.632. The first kappa shape index (κ1) is 17.1. The van der Waals surface area contributed by atoms with Gasteiger partial charge in [0.1, 0.15) is 13.2 Å². The molecular weight excluding hydrogens is 304 g/mol. The van der Waals surface area contributed by atoms with Gasteiger partial charge in [-0.3, -0.25) is 9.69 Å². The van der Waals surface area contributed by atoms with Gasteiger partial charge in [-0.15, -0.1) is 0 Å². The highest BCUT2D eigenvalue weighted by Crippen LogP contribution is 2.31. The molecule has 2 heterocycles. The molecule has 0 saturated carbocycles. The van der Waals surface area contributed by atoms with Crippen LogP contribution in [-0.4, -0.2) is 55.6 Å². The normalized spacial score (nSPS) is 23.4. The van der Waals surface area contributed by atoms with E-state index in [2.05, 4.69) is 18.7 Å². The second-order valence-electron chi connectivity index (χ2n) is 7.40. The maximum absolute atomic E-state index is 12.6. The van der Waals surface area contributed by atoms with Gasteiger partial charge in [-0.25, -0.2) is 0 Å². The zero-order chi connectivity index (χ0) is 17.1. The molecule has 3 rings (SSSR count). The van der Waals surface area contributed by atoms with Crippen LogP contribution in [0.4, 0.5) is 0 Å². The Balaban J connectivity index is 1.55. The fourth-order valence-corrected chi connectivity index (χ4v) is 3.75. The van der Waals surface area contributed by atoms with Gasteiger partial charge in [0.25, 0.3) is 0 Å². The van der Waals surface area contributed by atoms with Crippen LogP contribution < -0.4 is 9.47 Å². The molecular formula is C19H28N2O3. The smallest absolute Gasteiger partial charge is 0.236 e. The van der Waals surface area contributed by atoms with Crippen LogP contribution in [-0.2, 0) is 11.3 Å². The number of hydrogen-bond donors (Lipinski definition) is 0. The first-order chi connectivity index (χ1) is 11.5. The minimum Gasteiger partial charge on any atom is -0.486 e. The number of likely N-dealkylation sites (N-methyl/N-ethyl adjacent to an activating group) is 1. The number of fused-ring (bicyclic) bond motifs is 1. The molecule has 0 spiro atoms. The van der Waals surface area contributed by atoms with Crippen LogP contribution in [0.3, 0.4) is 0 Å². The number of nitrogens with zero attached hydrogens (tertiary/aromatic N) is 2. The van der Waals surface area contributed by atoms with E-state index in [1.807, 2.05) is 30.1 Å². The van der Waals surface area contributed by atoms with E-state index in [1.54, 1.807) is 0 Å². The van der Waals surface area contributed by atoms with Crippen molar-refractivity contribution in [2.45, 2.75) is 26.8 Å². The van der Waals surface area contributed by atoms with E-state index < -0.39 is 0 Å². The summed E-state index contributed by atoms with van der Waals surface area (Å²) in [7, 11) is 1.99. The summed E-state index contributed by atoms with van der Waals surface area (Å²) in [4.78, 5) is 16.7. The van der Waals surface area contributed by atoms with E-state index in [4.69, 9.17) is 9.47 Å². The summed E-state index contributed by atoms with van der Waals surface area (Å²) in [5.74, 6) is 3.03. The fourth-order valence-electron chi connectivity index (χ4n) is 3.75. The quantitative estimate of drug-likeness (QED) is 0.849. The lowest BCUT2D eigenvalue weighted by atomic mass is 9.92. The lowest BCUT2D eigenvalue weighted by molar-refractivity contribution is -0.134. The molecule has 5 heteroatoms. The molecule has 0 radical (unpaired) electrons. The van der Waals surface area contributed by atoms with Crippen molar-refractivity contribution in [3.05, 3.63) is 23.8 Å². The average molecular weight is 332 g/mol. The van der Waals surface area contributed by atoms with Gasteiger partial charge in [0, 0.05) is 19.6 Å². The number of carbonyl (C=O) groups is 1. The number of piperidine rings is 1. The van der Waals surface area contributed by atoms with Gasteiger partial charge in [0.2, 0.25) is 5.91 Å². The van der Waals surface area contributed by atoms with Crippen molar-refractivity contribution in [1.82, 2.24) is 9.80 Å². The van der Waals surface area contributed by atoms with Crippen molar-refractivity contribution >= 4 is 5.91 Å². The van der Waals surface area contributed by atoms with Gasteiger partial charge in [-0.2, -0.15) is 0 Å². The monoisotopic (exact) mass is 332 g/mol. The highest BCUT2D eigenvalue weighted by atomic mass is 16.6. The SMILES string of the molecule is CC1CC(C)CN(C(=O)CN(C)Cc2ccc3c(c2)OCCO3)C1. The number of amides is 1. The Morgan fingerprint density at radius 2 is 1.83 bits per heavy atom. The first-order valence-corrected chi connectivity index (χ1v) is 8.86. The van der Waals surface area contributed by atoms with Gasteiger partial charge in [-0.05, 0) is 43.0 Å². The molecule has 1 aromatic rings. The molecule has 1 amide bonds. The molecule has 2 aliphatic heterocycles. The lowest BCUT2D eigenvalue weighted by Crippen LogP contribution is -2.46. The van der Waals surface area contributed by atoms with Crippen molar-refractivity contribution in [1.29, 1.82) is 0 Å². The molecule has 0 aliphatic carbocycles. The predicted octanol–water partition coefficient (Wildman–Crippen LogP) is 2.39. The van der Waals surface area contributed by atoms with Gasteiger partial charge < -0.3 is 14.4 Å². The molecule has 2 unspecified atom stereocenters. The Kier molecular flexibility index (Phi) is 5.29. The van der Waals surface area contributed by atoms with Gasteiger partial charge in [0.15, 0.2) is 11.5 Å². The molecule has 1 saturated heterocycles. The van der Waals surface area contributed by atoms with Crippen LogP contribution >= 0.6 is 0 Å². The second-order valence-corrected chi connectivity index (χ2v) is 7.40. The summed E-state index contributed by atoms with van der Waals surface area (Å²) in [5.41, 5.74) is 1.13. The molecule has 0 aromatic heterocycles. The largest absolute Gasteiger partial charge is 0.486 e. The van der Waals surface area contributed by atoms with Crippen LogP contribution in [0, 0.1) is 11.8 Å². The molecule has 2 atom stereocenters. The molecule has 132 valence electrons. The highest BCUT2D eigenvalue weighted by Gasteiger charge is 2.25. The zero-order valence-corrected chi connectivity index (χ0v) is 15.0. The van der Waals surface area contributed by atoms with Crippen molar-refractivity contribution < 1.29 is 14.3 Å². The number of carbonyl (C=O) groups excluding carboxylic acids is 1. The summed E-state index contributed by atoms with van der Waals surface area (Å²) in [5, 5.41) is 0. The summed E-state index contributed by atoms with van der Waals surface area (Å²) in [6, 6.07) is 6.01. The Bertz CT molecular complexity index is 580. The highest BCUT2D eigenvalue weighted by molar-refractivity contribution is 5.78. The Morgan fingerprint density at radius 1 is 1.17 bits per heavy atom. The van der Waals surface area contributed by atoms with Crippen molar-refractivity contribution in [2.75, 3.05) is 39.9 Å². The minimum absolute atomic E-state index is 0.230. The van der Waals surface area contributed by atoms with Crippen LogP contribution in [0.2, 0.25) is 0 Å². The lowest BCUT2D eigenvalue weighted by Gasteiger charge is -2.35. The second kappa shape index (κ2) is 7.43. The van der Waals surface area contributed by atoms with Crippen LogP contribution in [0.15, 0.2) is 18.2 Å². The third-order valence-electron chi connectivity index (χ3n) is 4.69. The zero-order valence-electron chi connectivity index (χ0n) is 15.0. The van der Waals surface area contributed by atoms with E-state index in [9.17, 15) is 4.79 Å². The molecule has 24 heavy (non-hydrogen) atoms. The number of benzene rings is 1.